The Labute approximate surface area is 154 Å². The summed E-state index contributed by atoms with van der Waals surface area (Å²) in [7, 11) is 0. The van der Waals surface area contributed by atoms with Gasteiger partial charge in [0.2, 0.25) is 5.91 Å². The summed E-state index contributed by atoms with van der Waals surface area (Å²) in [6.45, 7) is 2.83. The maximum Gasteiger partial charge on any atom is 0.310 e. The fourth-order valence-corrected chi connectivity index (χ4v) is 2.49. The van der Waals surface area contributed by atoms with Crippen LogP contribution in [0.15, 0.2) is 54.6 Å². The molecule has 2 aromatic rings. The summed E-state index contributed by atoms with van der Waals surface area (Å²) >= 11 is 0. The van der Waals surface area contributed by atoms with Gasteiger partial charge in [-0.2, -0.15) is 0 Å². The number of rotatable bonds is 10. The van der Waals surface area contributed by atoms with Crippen molar-refractivity contribution >= 4 is 17.6 Å². The van der Waals surface area contributed by atoms with Gasteiger partial charge in [-0.25, -0.2) is 0 Å². The number of carbonyl (C=O) groups excluding carboxylic acids is 1. The summed E-state index contributed by atoms with van der Waals surface area (Å²) in [5.41, 5.74) is 2.62. The van der Waals surface area contributed by atoms with Gasteiger partial charge < -0.3 is 15.2 Å². The largest absolute Gasteiger partial charge is 0.481 e. The van der Waals surface area contributed by atoms with E-state index < -0.39 is 11.9 Å². The SMILES string of the molecule is CC(C(=O)O)c1ccc(NC(=O)CCCOCCc2ccccc2)cc1. The Balaban J connectivity index is 1.62. The van der Waals surface area contributed by atoms with E-state index in [4.69, 9.17) is 9.84 Å². The molecule has 0 aliphatic rings. The number of aliphatic carboxylic acids is 1. The summed E-state index contributed by atoms with van der Waals surface area (Å²) in [5.74, 6) is -1.50. The Hall–Kier alpha value is -2.66. The second-order valence-corrected chi connectivity index (χ2v) is 6.18. The fraction of sp³-hybridized carbons (Fsp3) is 0.333. The van der Waals surface area contributed by atoms with Crippen molar-refractivity contribution in [2.45, 2.75) is 32.1 Å². The number of ether oxygens (including phenoxy) is 1. The third kappa shape index (κ3) is 6.69. The molecule has 1 amide bonds. The van der Waals surface area contributed by atoms with Gasteiger partial charge in [-0.05, 0) is 43.0 Å². The molecule has 5 nitrogen and oxygen atoms in total. The molecule has 1 unspecified atom stereocenters. The van der Waals surface area contributed by atoms with Crippen LogP contribution in [0.2, 0.25) is 0 Å². The number of amides is 1. The zero-order chi connectivity index (χ0) is 18.8. The van der Waals surface area contributed by atoms with Crippen LogP contribution in [0.5, 0.6) is 0 Å². The zero-order valence-electron chi connectivity index (χ0n) is 15.0. The monoisotopic (exact) mass is 355 g/mol. The van der Waals surface area contributed by atoms with Crippen molar-refractivity contribution in [2.75, 3.05) is 18.5 Å². The normalized spacial score (nSPS) is 11.7. The lowest BCUT2D eigenvalue weighted by atomic mass is 10.0. The second kappa shape index (κ2) is 10.4. The van der Waals surface area contributed by atoms with Crippen molar-refractivity contribution < 1.29 is 19.4 Å². The van der Waals surface area contributed by atoms with Crippen LogP contribution in [0, 0.1) is 0 Å². The minimum atomic E-state index is -0.867. The maximum absolute atomic E-state index is 11.9. The molecule has 0 aliphatic carbocycles. The van der Waals surface area contributed by atoms with Crippen LogP contribution in [0.25, 0.3) is 0 Å². The molecule has 0 fully saturated rings. The molecule has 0 spiro atoms. The van der Waals surface area contributed by atoms with Crippen molar-refractivity contribution in [3.05, 3.63) is 65.7 Å². The number of carboxylic acid groups (broad SMARTS) is 1. The Morgan fingerprint density at radius 3 is 2.38 bits per heavy atom. The van der Waals surface area contributed by atoms with E-state index in [1.54, 1.807) is 31.2 Å². The van der Waals surface area contributed by atoms with Crippen LogP contribution in [0.1, 0.15) is 36.8 Å². The first-order valence-corrected chi connectivity index (χ1v) is 8.80. The topological polar surface area (TPSA) is 75.6 Å². The molecule has 0 aliphatic heterocycles. The molecule has 5 heteroatoms. The fourth-order valence-electron chi connectivity index (χ4n) is 2.49. The van der Waals surface area contributed by atoms with E-state index in [1.165, 1.54) is 5.56 Å². The van der Waals surface area contributed by atoms with Crippen molar-refractivity contribution in [2.24, 2.45) is 0 Å². The number of hydrogen-bond acceptors (Lipinski definition) is 3. The molecule has 0 saturated carbocycles. The van der Waals surface area contributed by atoms with E-state index in [9.17, 15) is 9.59 Å². The molecule has 0 bridgehead atoms. The molecule has 1 atom stereocenters. The van der Waals surface area contributed by atoms with Gasteiger partial charge in [0.1, 0.15) is 0 Å². The first-order valence-electron chi connectivity index (χ1n) is 8.80. The predicted molar refractivity (Wildman–Crippen MR) is 101 cm³/mol. The number of anilines is 1. The highest BCUT2D eigenvalue weighted by molar-refractivity contribution is 5.90. The van der Waals surface area contributed by atoms with Gasteiger partial charge in [-0.15, -0.1) is 0 Å². The number of carboxylic acids is 1. The molecule has 2 aromatic carbocycles. The van der Waals surface area contributed by atoms with Crippen molar-refractivity contribution in [1.82, 2.24) is 0 Å². The van der Waals surface area contributed by atoms with Crippen molar-refractivity contribution in [1.29, 1.82) is 0 Å². The van der Waals surface area contributed by atoms with Gasteiger partial charge in [-0.1, -0.05) is 42.5 Å². The molecule has 0 saturated heterocycles. The number of hydrogen-bond donors (Lipinski definition) is 2. The van der Waals surface area contributed by atoms with Crippen LogP contribution in [-0.4, -0.2) is 30.2 Å². The smallest absolute Gasteiger partial charge is 0.310 e. The molecule has 0 aromatic heterocycles. The van der Waals surface area contributed by atoms with Crippen LogP contribution >= 0.6 is 0 Å². The number of nitrogens with one attached hydrogen (secondary N) is 1. The molecule has 26 heavy (non-hydrogen) atoms. The van der Waals surface area contributed by atoms with Crippen LogP contribution in [0.3, 0.4) is 0 Å². The number of carbonyl (C=O) groups is 2. The van der Waals surface area contributed by atoms with Crippen LogP contribution < -0.4 is 5.32 Å². The van der Waals surface area contributed by atoms with Crippen LogP contribution in [0.4, 0.5) is 5.69 Å². The molecule has 2 N–H and O–H groups in total. The van der Waals surface area contributed by atoms with E-state index in [-0.39, 0.29) is 5.91 Å². The van der Waals surface area contributed by atoms with E-state index in [2.05, 4.69) is 17.4 Å². The Morgan fingerprint density at radius 2 is 1.73 bits per heavy atom. The molecule has 2 rings (SSSR count). The summed E-state index contributed by atoms with van der Waals surface area (Å²) in [6, 6.07) is 17.0. The first-order chi connectivity index (χ1) is 12.6. The first kappa shape index (κ1) is 19.7. The van der Waals surface area contributed by atoms with Gasteiger partial charge in [0.15, 0.2) is 0 Å². The average molecular weight is 355 g/mol. The minimum absolute atomic E-state index is 0.0734. The Kier molecular flexibility index (Phi) is 7.83. The summed E-state index contributed by atoms with van der Waals surface area (Å²) in [4.78, 5) is 22.9. The quantitative estimate of drug-likeness (QED) is 0.635. The van der Waals surface area contributed by atoms with Crippen molar-refractivity contribution in [3.8, 4) is 0 Å². The van der Waals surface area contributed by atoms with Gasteiger partial charge in [0.05, 0.1) is 12.5 Å². The standard InChI is InChI=1S/C21H25NO4/c1-16(21(24)25)18-9-11-19(12-10-18)22-20(23)8-5-14-26-15-13-17-6-3-2-4-7-17/h2-4,6-7,9-12,16H,5,8,13-15H2,1H3,(H,22,23)(H,24,25). The Morgan fingerprint density at radius 1 is 1.04 bits per heavy atom. The highest BCUT2D eigenvalue weighted by Gasteiger charge is 2.13. The third-order valence-electron chi connectivity index (χ3n) is 4.14. The highest BCUT2D eigenvalue weighted by Crippen LogP contribution is 2.18. The van der Waals surface area contributed by atoms with E-state index in [1.807, 2.05) is 18.2 Å². The van der Waals surface area contributed by atoms with Gasteiger partial charge in [-0.3, -0.25) is 9.59 Å². The Bertz CT molecular complexity index is 698. The number of benzene rings is 2. The molecule has 0 radical (unpaired) electrons. The maximum atomic E-state index is 11.9. The lowest BCUT2D eigenvalue weighted by Crippen LogP contribution is -2.13. The average Bonchev–Trinajstić information content (AvgIpc) is 2.65. The summed E-state index contributed by atoms with van der Waals surface area (Å²) in [5, 5.41) is 11.8. The van der Waals surface area contributed by atoms with Gasteiger partial charge in [0, 0.05) is 18.7 Å². The molecular weight excluding hydrogens is 330 g/mol. The predicted octanol–water partition coefficient (Wildman–Crippen LogP) is 3.85. The summed E-state index contributed by atoms with van der Waals surface area (Å²) < 4.78 is 5.57. The van der Waals surface area contributed by atoms with Gasteiger partial charge in [0.25, 0.3) is 0 Å². The van der Waals surface area contributed by atoms with Crippen LogP contribution in [-0.2, 0) is 20.7 Å². The van der Waals surface area contributed by atoms with E-state index in [0.717, 1.165) is 6.42 Å². The highest BCUT2D eigenvalue weighted by atomic mass is 16.5. The van der Waals surface area contributed by atoms with Crippen molar-refractivity contribution in [3.63, 3.8) is 0 Å². The lowest BCUT2D eigenvalue weighted by Gasteiger charge is -2.09. The molecular formula is C21H25NO4. The molecule has 0 heterocycles. The zero-order valence-corrected chi connectivity index (χ0v) is 15.0. The van der Waals surface area contributed by atoms with E-state index >= 15 is 0 Å². The minimum Gasteiger partial charge on any atom is -0.481 e. The van der Waals surface area contributed by atoms with E-state index in [0.29, 0.717) is 37.3 Å². The lowest BCUT2D eigenvalue weighted by molar-refractivity contribution is -0.138. The van der Waals surface area contributed by atoms with Gasteiger partial charge >= 0.3 is 5.97 Å². The second-order valence-electron chi connectivity index (χ2n) is 6.18. The molecule has 138 valence electrons. The third-order valence-corrected chi connectivity index (χ3v) is 4.14. The summed E-state index contributed by atoms with van der Waals surface area (Å²) in [6.07, 6.45) is 1.92.